The summed E-state index contributed by atoms with van der Waals surface area (Å²) in [6.45, 7) is 6.62. The predicted molar refractivity (Wildman–Crippen MR) is 130 cm³/mol. The number of halogens is 1. The number of carbonyl (C=O) groups is 1. The average molecular weight is 469 g/mol. The molecule has 0 unspecified atom stereocenters. The van der Waals surface area contributed by atoms with Crippen LogP contribution in [0.3, 0.4) is 0 Å². The summed E-state index contributed by atoms with van der Waals surface area (Å²) >= 11 is 3.60. The molecule has 5 nitrogen and oxygen atoms in total. The number of aromatic nitrogens is 2. The van der Waals surface area contributed by atoms with Crippen LogP contribution in [0.5, 0.6) is 0 Å². The highest BCUT2D eigenvalue weighted by Crippen LogP contribution is 2.33. The van der Waals surface area contributed by atoms with Crippen molar-refractivity contribution in [2.45, 2.75) is 31.7 Å². The Morgan fingerprint density at radius 2 is 2.19 bits per heavy atom. The number of H-pyrrole nitrogens is 1. The topological polar surface area (TPSA) is 61.0 Å². The van der Waals surface area contributed by atoms with Crippen molar-refractivity contribution in [3.63, 3.8) is 0 Å². The van der Waals surface area contributed by atoms with Gasteiger partial charge >= 0.3 is 0 Å². The van der Waals surface area contributed by atoms with Gasteiger partial charge in [0.2, 0.25) is 0 Å². The van der Waals surface area contributed by atoms with Crippen LogP contribution in [0.2, 0.25) is 0 Å². The Bertz CT molecular complexity index is 1220. The van der Waals surface area contributed by atoms with Gasteiger partial charge in [0.15, 0.2) is 0 Å². The van der Waals surface area contributed by atoms with Gasteiger partial charge in [0.1, 0.15) is 11.5 Å². The number of nitrogens with one attached hydrogen (secondary N) is 2. The summed E-state index contributed by atoms with van der Waals surface area (Å²) in [6, 6.07) is 12.4. The molecule has 1 aliphatic heterocycles. The highest BCUT2D eigenvalue weighted by molar-refractivity contribution is 7.97. The summed E-state index contributed by atoms with van der Waals surface area (Å²) in [5.41, 5.74) is 3.97. The van der Waals surface area contributed by atoms with E-state index in [0.29, 0.717) is 12.2 Å². The molecule has 5 rings (SSSR count). The van der Waals surface area contributed by atoms with E-state index in [4.69, 9.17) is 0 Å². The number of aryl methyl sites for hydroxylation is 1. The van der Waals surface area contributed by atoms with Crippen LogP contribution in [0.4, 0.5) is 4.39 Å². The lowest BCUT2D eigenvalue weighted by atomic mass is 10.1. The van der Waals surface area contributed by atoms with E-state index in [1.54, 1.807) is 30.3 Å². The molecular weight excluding hydrogens is 443 g/mol. The van der Waals surface area contributed by atoms with Crippen molar-refractivity contribution in [1.82, 2.24) is 19.6 Å². The molecule has 4 aromatic rings. The minimum Gasteiger partial charge on any atom is -0.354 e. The van der Waals surface area contributed by atoms with Crippen molar-refractivity contribution in [1.29, 1.82) is 0 Å². The summed E-state index contributed by atoms with van der Waals surface area (Å²) < 4.78 is 15.0. The molecule has 166 valence electrons. The standard InChI is InChI=1S/C15H19N3OS2.C9H6FN/c1-3-16-15(19)12-8-14(10(2)17-12)21-18-6-4-13-11(9-18)5-7-20-13;10-8-3-4-9-7(6-8)2-1-5-11-9/h5,7-8,17H,3-4,6,9H2,1-2H3,(H,16,19);1-6H. The van der Waals surface area contributed by atoms with Crippen LogP contribution in [0.25, 0.3) is 10.9 Å². The number of carbonyl (C=O) groups excluding carboxylic acids is 1. The smallest absolute Gasteiger partial charge is 0.267 e. The SMILES string of the molecule is CCNC(=O)c1cc(SN2CCc3sccc3C2)c(C)[nH]1.Fc1ccc2ncccc2c1. The van der Waals surface area contributed by atoms with E-state index in [0.717, 1.165) is 41.0 Å². The third-order valence-corrected chi connectivity index (χ3v) is 7.33. The highest BCUT2D eigenvalue weighted by Gasteiger charge is 2.20. The molecular formula is C24H25FN4OS2. The Morgan fingerprint density at radius 3 is 3.03 bits per heavy atom. The zero-order valence-electron chi connectivity index (χ0n) is 18.0. The first-order valence-corrected chi connectivity index (χ1v) is 12.1. The number of hydrogen-bond donors (Lipinski definition) is 2. The van der Waals surface area contributed by atoms with Crippen molar-refractivity contribution in [2.75, 3.05) is 13.1 Å². The van der Waals surface area contributed by atoms with Gasteiger partial charge < -0.3 is 10.3 Å². The molecule has 1 amide bonds. The number of rotatable bonds is 4. The van der Waals surface area contributed by atoms with Crippen LogP contribution in [-0.2, 0) is 13.0 Å². The number of hydrogen-bond acceptors (Lipinski definition) is 5. The predicted octanol–water partition coefficient (Wildman–Crippen LogP) is 5.57. The molecule has 0 fully saturated rings. The summed E-state index contributed by atoms with van der Waals surface area (Å²) in [7, 11) is 0. The van der Waals surface area contributed by atoms with Crippen LogP contribution < -0.4 is 5.32 Å². The molecule has 8 heteroatoms. The van der Waals surface area contributed by atoms with Gasteiger partial charge in [-0.2, -0.15) is 0 Å². The van der Waals surface area contributed by atoms with E-state index < -0.39 is 0 Å². The molecule has 0 spiro atoms. The number of aromatic amines is 1. The molecule has 0 bridgehead atoms. The molecule has 1 aromatic carbocycles. The second-order valence-electron chi connectivity index (χ2n) is 7.45. The van der Waals surface area contributed by atoms with Gasteiger partial charge in [-0.25, -0.2) is 8.70 Å². The quantitative estimate of drug-likeness (QED) is 0.384. The molecule has 0 atom stereocenters. The molecule has 0 radical (unpaired) electrons. The molecule has 2 N–H and O–H groups in total. The van der Waals surface area contributed by atoms with Gasteiger partial charge in [-0.3, -0.25) is 9.78 Å². The zero-order chi connectivity index (χ0) is 22.5. The van der Waals surface area contributed by atoms with Crippen LogP contribution in [-0.4, -0.2) is 33.3 Å². The summed E-state index contributed by atoms with van der Waals surface area (Å²) in [5.74, 6) is -0.253. The Labute approximate surface area is 195 Å². The maximum absolute atomic E-state index is 12.6. The van der Waals surface area contributed by atoms with E-state index in [2.05, 4.69) is 31.0 Å². The number of pyridine rings is 1. The number of benzene rings is 1. The first-order chi connectivity index (χ1) is 15.5. The van der Waals surface area contributed by atoms with Crippen LogP contribution in [0.1, 0.15) is 33.5 Å². The zero-order valence-corrected chi connectivity index (χ0v) is 19.7. The van der Waals surface area contributed by atoms with E-state index in [-0.39, 0.29) is 11.7 Å². The Balaban J connectivity index is 0.000000186. The van der Waals surface area contributed by atoms with E-state index >= 15 is 0 Å². The van der Waals surface area contributed by atoms with Crippen LogP contribution in [0, 0.1) is 12.7 Å². The Kier molecular flexibility index (Phi) is 7.24. The summed E-state index contributed by atoms with van der Waals surface area (Å²) in [5, 5.41) is 5.84. The molecule has 0 aliphatic carbocycles. The van der Waals surface area contributed by atoms with Gasteiger partial charge in [0, 0.05) is 46.7 Å². The van der Waals surface area contributed by atoms with Crippen molar-refractivity contribution in [2.24, 2.45) is 0 Å². The van der Waals surface area contributed by atoms with Gasteiger partial charge in [0.25, 0.3) is 5.91 Å². The van der Waals surface area contributed by atoms with Crippen LogP contribution >= 0.6 is 23.3 Å². The van der Waals surface area contributed by atoms with E-state index in [9.17, 15) is 9.18 Å². The molecule has 0 saturated carbocycles. The molecule has 0 saturated heterocycles. The third kappa shape index (κ3) is 5.38. The van der Waals surface area contributed by atoms with Crippen molar-refractivity contribution >= 4 is 40.1 Å². The molecule has 32 heavy (non-hydrogen) atoms. The Hall–Kier alpha value is -2.68. The minimum absolute atomic E-state index is 0.0359. The monoisotopic (exact) mass is 468 g/mol. The minimum atomic E-state index is -0.217. The van der Waals surface area contributed by atoms with Crippen molar-refractivity contribution in [3.05, 3.63) is 81.7 Å². The molecule has 1 aliphatic rings. The second kappa shape index (κ2) is 10.3. The highest BCUT2D eigenvalue weighted by atomic mass is 32.2. The van der Waals surface area contributed by atoms with Crippen molar-refractivity contribution in [3.8, 4) is 0 Å². The lowest BCUT2D eigenvalue weighted by Gasteiger charge is -2.25. The first-order valence-electron chi connectivity index (χ1n) is 10.5. The van der Waals surface area contributed by atoms with Gasteiger partial charge in [-0.05, 0) is 79.6 Å². The van der Waals surface area contributed by atoms with Gasteiger partial charge in [-0.15, -0.1) is 11.3 Å². The second-order valence-corrected chi connectivity index (χ2v) is 9.59. The van der Waals surface area contributed by atoms with Gasteiger partial charge in [0.05, 0.1) is 5.52 Å². The summed E-state index contributed by atoms with van der Waals surface area (Å²) in [4.78, 5) is 21.7. The maximum atomic E-state index is 12.6. The largest absolute Gasteiger partial charge is 0.354 e. The molecule has 4 heterocycles. The number of fused-ring (bicyclic) bond motifs is 2. The lowest BCUT2D eigenvalue weighted by molar-refractivity contribution is 0.0951. The lowest BCUT2D eigenvalue weighted by Crippen LogP contribution is -2.23. The number of thiophene rings is 1. The summed E-state index contributed by atoms with van der Waals surface area (Å²) in [6.07, 6.45) is 2.81. The molecule has 3 aromatic heterocycles. The average Bonchev–Trinajstić information content (AvgIpc) is 3.40. The fourth-order valence-corrected chi connectivity index (χ4v) is 5.41. The first kappa shape index (κ1) is 22.5. The van der Waals surface area contributed by atoms with Crippen LogP contribution in [0.15, 0.2) is 58.9 Å². The van der Waals surface area contributed by atoms with Crippen molar-refractivity contribution < 1.29 is 9.18 Å². The fourth-order valence-electron chi connectivity index (χ4n) is 3.50. The fraction of sp³-hybridized carbons (Fsp3) is 0.250. The third-order valence-electron chi connectivity index (χ3n) is 5.11. The Morgan fingerprint density at radius 1 is 1.31 bits per heavy atom. The van der Waals surface area contributed by atoms with Gasteiger partial charge in [-0.1, -0.05) is 6.07 Å². The van der Waals surface area contributed by atoms with E-state index in [1.165, 1.54) is 22.6 Å². The normalized spacial score (nSPS) is 13.3. The number of amides is 1. The van der Waals surface area contributed by atoms with E-state index in [1.807, 2.05) is 37.3 Å². The maximum Gasteiger partial charge on any atom is 0.267 e. The number of nitrogens with zero attached hydrogens (tertiary/aromatic N) is 2.